The van der Waals surface area contributed by atoms with E-state index in [0.717, 1.165) is 32.7 Å². The molecule has 33 heavy (non-hydrogen) atoms. The fourth-order valence-electron chi connectivity index (χ4n) is 4.65. The molecular formula is C26H29N3O3S. The standard InChI is InChI=1S/C26H29N3O3S/c1-19(27-26(30)21-9-10-22-23(16-21)32-18-31-22)25(24-8-5-15-33-24)29-13-11-28(12-14-29)17-20-6-3-2-4-7-20/h2-10,15-16,19,25H,11-14,17-18H2,1H3,(H,27,30)/t19-,25+/m1/s1. The highest BCUT2D eigenvalue weighted by molar-refractivity contribution is 7.10. The molecule has 2 atom stereocenters. The van der Waals surface area contributed by atoms with Crippen LogP contribution in [0.15, 0.2) is 66.0 Å². The maximum atomic E-state index is 13.0. The van der Waals surface area contributed by atoms with Crippen molar-refractivity contribution in [2.45, 2.75) is 25.6 Å². The number of hydrogen-bond acceptors (Lipinski definition) is 6. The van der Waals surface area contributed by atoms with Gasteiger partial charge in [0.05, 0.1) is 6.04 Å². The summed E-state index contributed by atoms with van der Waals surface area (Å²) in [6, 6.07) is 20.3. The lowest BCUT2D eigenvalue weighted by atomic mass is 10.0. The molecular weight excluding hydrogens is 434 g/mol. The van der Waals surface area contributed by atoms with Crippen LogP contribution in [0.25, 0.3) is 0 Å². The third-order valence-electron chi connectivity index (χ3n) is 6.35. The summed E-state index contributed by atoms with van der Waals surface area (Å²) in [6.45, 7) is 7.26. The summed E-state index contributed by atoms with van der Waals surface area (Å²) < 4.78 is 10.8. The zero-order valence-electron chi connectivity index (χ0n) is 18.8. The Morgan fingerprint density at radius 3 is 2.55 bits per heavy atom. The van der Waals surface area contributed by atoms with Gasteiger partial charge in [-0.1, -0.05) is 36.4 Å². The smallest absolute Gasteiger partial charge is 0.251 e. The van der Waals surface area contributed by atoms with Crippen LogP contribution < -0.4 is 14.8 Å². The van der Waals surface area contributed by atoms with Crippen LogP contribution in [0.3, 0.4) is 0 Å². The van der Waals surface area contributed by atoms with Gasteiger partial charge in [-0.25, -0.2) is 0 Å². The SMILES string of the molecule is C[C@@H](NC(=O)c1ccc2c(c1)OCO2)[C@@H](c1cccs1)N1CCN(Cc2ccccc2)CC1. The van der Waals surface area contributed by atoms with Gasteiger partial charge in [0.15, 0.2) is 11.5 Å². The van der Waals surface area contributed by atoms with Gasteiger partial charge in [0.2, 0.25) is 6.79 Å². The van der Waals surface area contributed by atoms with Crippen molar-refractivity contribution in [2.24, 2.45) is 0 Å². The molecule has 1 fully saturated rings. The van der Waals surface area contributed by atoms with E-state index < -0.39 is 0 Å². The summed E-state index contributed by atoms with van der Waals surface area (Å²) >= 11 is 1.75. The number of hydrogen-bond donors (Lipinski definition) is 1. The first kappa shape index (κ1) is 21.9. The molecule has 2 aliphatic heterocycles. The van der Waals surface area contributed by atoms with Gasteiger partial charge in [-0.15, -0.1) is 11.3 Å². The van der Waals surface area contributed by atoms with Crippen molar-refractivity contribution < 1.29 is 14.3 Å². The molecule has 2 aliphatic rings. The summed E-state index contributed by atoms with van der Waals surface area (Å²) in [5.74, 6) is 1.22. The molecule has 3 aromatic rings. The van der Waals surface area contributed by atoms with Gasteiger partial charge < -0.3 is 14.8 Å². The average molecular weight is 464 g/mol. The van der Waals surface area contributed by atoms with E-state index in [4.69, 9.17) is 9.47 Å². The second-order valence-corrected chi connectivity index (χ2v) is 9.57. The number of carbonyl (C=O) groups excluding carboxylic acids is 1. The summed E-state index contributed by atoms with van der Waals surface area (Å²) in [5.41, 5.74) is 1.94. The molecule has 0 bridgehead atoms. The van der Waals surface area contributed by atoms with Gasteiger partial charge in [0.1, 0.15) is 0 Å². The van der Waals surface area contributed by atoms with Crippen LogP contribution in [-0.2, 0) is 6.54 Å². The maximum Gasteiger partial charge on any atom is 0.251 e. The van der Waals surface area contributed by atoms with E-state index >= 15 is 0 Å². The van der Waals surface area contributed by atoms with Gasteiger partial charge in [0.25, 0.3) is 5.91 Å². The molecule has 0 unspecified atom stereocenters. The van der Waals surface area contributed by atoms with Gasteiger partial charge >= 0.3 is 0 Å². The molecule has 6 nitrogen and oxygen atoms in total. The molecule has 1 N–H and O–H groups in total. The minimum atomic E-state index is -0.0925. The van der Waals surface area contributed by atoms with Gasteiger partial charge in [-0.05, 0) is 42.1 Å². The quantitative estimate of drug-likeness (QED) is 0.570. The number of nitrogens with one attached hydrogen (secondary N) is 1. The van der Waals surface area contributed by atoms with Crippen molar-refractivity contribution in [1.29, 1.82) is 0 Å². The van der Waals surface area contributed by atoms with E-state index in [9.17, 15) is 4.79 Å². The first-order chi connectivity index (χ1) is 16.2. The van der Waals surface area contributed by atoms with Crippen LogP contribution in [0.1, 0.15) is 33.8 Å². The van der Waals surface area contributed by atoms with Crippen LogP contribution in [0.5, 0.6) is 11.5 Å². The van der Waals surface area contributed by atoms with Crippen molar-refractivity contribution in [3.63, 3.8) is 0 Å². The highest BCUT2D eigenvalue weighted by Gasteiger charge is 2.31. The van der Waals surface area contributed by atoms with Crippen LogP contribution in [0.2, 0.25) is 0 Å². The highest BCUT2D eigenvalue weighted by atomic mass is 32.1. The molecule has 0 saturated carbocycles. The molecule has 5 rings (SSSR count). The Morgan fingerprint density at radius 2 is 1.79 bits per heavy atom. The molecule has 0 aliphatic carbocycles. The van der Waals surface area contributed by atoms with Gasteiger partial charge in [-0.2, -0.15) is 0 Å². The Kier molecular flexibility index (Phi) is 6.62. The number of fused-ring (bicyclic) bond motifs is 1. The third-order valence-corrected chi connectivity index (χ3v) is 7.29. The Morgan fingerprint density at radius 1 is 1.00 bits per heavy atom. The van der Waals surface area contributed by atoms with Crippen molar-refractivity contribution in [3.8, 4) is 11.5 Å². The van der Waals surface area contributed by atoms with Gasteiger partial charge in [0, 0.05) is 49.2 Å². The Labute approximate surface area is 198 Å². The molecule has 7 heteroatoms. The molecule has 1 saturated heterocycles. The van der Waals surface area contributed by atoms with Crippen LogP contribution in [0, 0.1) is 0 Å². The number of benzene rings is 2. The van der Waals surface area contributed by atoms with Crippen molar-refractivity contribution in [3.05, 3.63) is 82.0 Å². The average Bonchev–Trinajstić information content (AvgIpc) is 3.53. The lowest BCUT2D eigenvalue weighted by Crippen LogP contribution is -2.52. The predicted octanol–water partition coefficient (Wildman–Crippen LogP) is 4.15. The lowest BCUT2D eigenvalue weighted by molar-refractivity contribution is 0.0714. The van der Waals surface area contributed by atoms with Crippen molar-refractivity contribution in [1.82, 2.24) is 15.1 Å². The third kappa shape index (κ3) is 5.05. The fraction of sp³-hybridized carbons (Fsp3) is 0.346. The molecule has 172 valence electrons. The van der Waals surface area contributed by atoms with Crippen LogP contribution >= 0.6 is 11.3 Å². The summed E-state index contributed by atoms with van der Waals surface area (Å²) in [4.78, 5) is 19.3. The normalized spacial score (nSPS) is 18.1. The van der Waals surface area contributed by atoms with Crippen molar-refractivity contribution in [2.75, 3.05) is 33.0 Å². The number of carbonyl (C=O) groups is 1. The molecule has 1 aromatic heterocycles. The molecule has 3 heterocycles. The summed E-state index contributed by atoms with van der Waals surface area (Å²) in [5, 5.41) is 5.35. The Hall–Kier alpha value is -2.87. The molecule has 0 spiro atoms. The van der Waals surface area contributed by atoms with E-state index in [2.05, 4.69) is 69.9 Å². The van der Waals surface area contributed by atoms with Crippen LogP contribution in [-0.4, -0.2) is 54.7 Å². The second-order valence-electron chi connectivity index (χ2n) is 8.59. The molecule has 0 radical (unpaired) electrons. The minimum Gasteiger partial charge on any atom is -0.454 e. The highest BCUT2D eigenvalue weighted by Crippen LogP contribution is 2.33. The van der Waals surface area contributed by atoms with E-state index in [0.29, 0.717) is 17.1 Å². The predicted molar refractivity (Wildman–Crippen MR) is 130 cm³/mol. The molecule has 2 aromatic carbocycles. The van der Waals surface area contributed by atoms with E-state index in [1.54, 1.807) is 29.5 Å². The largest absolute Gasteiger partial charge is 0.454 e. The number of rotatable bonds is 7. The summed E-state index contributed by atoms with van der Waals surface area (Å²) in [6.07, 6.45) is 0. The second kappa shape index (κ2) is 9.95. The molecule has 1 amide bonds. The number of ether oxygens (including phenoxy) is 2. The minimum absolute atomic E-state index is 0.0396. The first-order valence-corrected chi connectivity index (χ1v) is 12.3. The van der Waals surface area contributed by atoms with E-state index in [1.165, 1.54) is 10.4 Å². The van der Waals surface area contributed by atoms with Gasteiger partial charge in [-0.3, -0.25) is 14.6 Å². The maximum absolute atomic E-state index is 13.0. The lowest BCUT2D eigenvalue weighted by Gasteiger charge is -2.41. The number of amides is 1. The monoisotopic (exact) mass is 463 g/mol. The van der Waals surface area contributed by atoms with Crippen LogP contribution in [0.4, 0.5) is 0 Å². The van der Waals surface area contributed by atoms with E-state index in [1.807, 2.05) is 0 Å². The number of nitrogens with zero attached hydrogens (tertiary/aromatic N) is 2. The zero-order chi connectivity index (χ0) is 22.6. The first-order valence-electron chi connectivity index (χ1n) is 11.4. The Balaban J connectivity index is 1.25. The Bertz CT molecular complexity index is 1070. The number of thiophene rings is 1. The zero-order valence-corrected chi connectivity index (χ0v) is 19.6. The fourth-order valence-corrected chi connectivity index (χ4v) is 5.61. The topological polar surface area (TPSA) is 54.0 Å². The summed E-state index contributed by atoms with van der Waals surface area (Å²) in [7, 11) is 0. The van der Waals surface area contributed by atoms with Crippen molar-refractivity contribution >= 4 is 17.2 Å². The number of piperazine rings is 1. The van der Waals surface area contributed by atoms with E-state index in [-0.39, 0.29) is 24.8 Å².